The number of sulfone groups is 1. The Kier molecular flexibility index (Phi) is 6.18. The highest BCUT2D eigenvalue weighted by atomic mass is 35.5. The molecule has 1 aromatic heterocycles. The molecule has 2 rings (SSSR count). The van der Waals surface area contributed by atoms with Crippen LogP contribution in [0.25, 0.3) is 5.69 Å². The molecule has 0 spiro atoms. The van der Waals surface area contributed by atoms with Crippen LogP contribution in [-0.4, -0.2) is 35.5 Å². The van der Waals surface area contributed by atoms with Gasteiger partial charge in [0, 0.05) is 6.07 Å². The number of ether oxygens (including phenoxy) is 1. The highest BCUT2D eigenvalue weighted by Gasteiger charge is 2.46. The van der Waals surface area contributed by atoms with Crippen molar-refractivity contribution in [3.05, 3.63) is 33.8 Å². The molecule has 13 heteroatoms. The summed E-state index contributed by atoms with van der Waals surface area (Å²) >= 11 is 11.9. The van der Waals surface area contributed by atoms with E-state index in [1.165, 1.54) is 6.92 Å². The van der Waals surface area contributed by atoms with Gasteiger partial charge in [0.25, 0.3) is 0 Å². The number of alkyl halides is 3. The van der Waals surface area contributed by atoms with Gasteiger partial charge in [0.05, 0.1) is 22.2 Å². The number of esters is 1. The molecular formula is C16H16Cl2F3N3O4S. The van der Waals surface area contributed by atoms with Crippen LogP contribution in [0.2, 0.25) is 10.0 Å². The van der Waals surface area contributed by atoms with E-state index in [1.54, 1.807) is 0 Å². The van der Waals surface area contributed by atoms with Crippen LogP contribution >= 0.6 is 23.2 Å². The molecule has 7 nitrogen and oxygen atoms in total. The highest BCUT2D eigenvalue weighted by Crippen LogP contribution is 2.38. The van der Waals surface area contributed by atoms with Crippen molar-refractivity contribution in [2.75, 3.05) is 12.3 Å². The lowest BCUT2D eigenvalue weighted by molar-refractivity contribution is -0.145. The van der Waals surface area contributed by atoms with Gasteiger partial charge in [-0.1, -0.05) is 23.2 Å². The minimum atomic E-state index is -4.69. The largest absolute Gasteiger partial charge is 0.465 e. The normalized spacial score (nSPS) is 12.8. The zero-order chi connectivity index (χ0) is 22.4. The molecular weight excluding hydrogens is 458 g/mol. The lowest BCUT2D eigenvalue weighted by atomic mass is 10.2. The molecule has 0 aliphatic rings. The Morgan fingerprint density at radius 2 is 1.72 bits per heavy atom. The summed E-state index contributed by atoms with van der Waals surface area (Å²) in [5, 5.41) is 2.32. The molecule has 0 aliphatic carbocycles. The second kappa shape index (κ2) is 7.69. The van der Waals surface area contributed by atoms with E-state index in [-0.39, 0.29) is 18.1 Å². The molecule has 1 aromatic carbocycles. The van der Waals surface area contributed by atoms with Crippen molar-refractivity contribution in [2.45, 2.75) is 36.7 Å². The van der Waals surface area contributed by atoms with Crippen LogP contribution in [-0.2, 0) is 25.5 Å². The smallest absolute Gasteiger partial charge is 0.416 e. The van der Waals surface area contributed by atoms with Crippen molar-refractivity contribution in [1.82, 2.24) is 9.78 Å². The number of halogens is 5. The van der Waals surface area contributed by atoms with Crippen molar-refractivity contribution in [2.24, 2.45) is 0 Å². The fourth-order valence-electron chi connectivity index (χ4n) is 2.29. The Hall–Kier alpha value is -1.98. The quantitative estimate of drug-likeness (QED) is 0.660. The van der Waals surface area contributed by atoms with Crippen molar-refractivity contribution >= 4 is 44.8 Å². The molecule has 0 fully saturated rings. The van der Waals surface area contributed by atoms with E-state index in [9.17, 15) is 26.4 Å². The second-order valence-electron chi connectivity index (χ2n) is 6.34. The first-order valence-corrected chi connectivity index (χ1v) is 10.2. The molecule has 160 valence electrons. The Labute approximate surface area is 174 Å². The van der Waals surface area contributed by atoms with Crippen LogP contribution in [0.4, 0.5) is 19.0 Å². The van der Waals surface area contributed by atoms with E-state index in [0.29, 0.717) is 12.1 Å². The van der Waals surface area contributed by atoms with Crippen LogP contribution in [0, 0.1) is 0 Å². The first kappa shape index (κ1) is 23.3. The van der Waals surface area contributed by atoms with E-state index in [1.807, 2.05) is 0 Å². The number of rotatable bonds is 5. The number of carbonyl (C=O) groups is 1. The first-order chi connectivity index (χ1) is 13.1. The number of nitrogens with two attached hydrogens (primary N) is 1. The lowest BCUT2D eigenvalue weighted by Gasteiger charge is -2.21. The fourth-order valence-corrected chi connectivity index (χ4v) is 4.20. The van der Waals surface area contributed by atoms with E-state index >= 15 is 0 Å². The molecule has 0 saturated heterocycles. The number of nitrogens with zero attached hydrogens (tertiary/aromatic N) is 2. The summed E-state index contributed by atoms with van der Waals surface area (Å²) in [6, 6.07) is 2.17. The van der Waals surface area contributed by atoms with Crippen molar-refractivity contribution < 1.29 is 31.1 Å². The van der Waals surface area contributed by atoms with E-state index in [2.05, 4.69) is 5.10 Å². The highest BCUT2D eigenvalue weighted by molar-refractivity contribution is 7.93. The zero-order valence-corrected chi connectivity index (χ0v) is 17.7. The molecule has 29 heavy (non-hydrogen) atoms. The molecule has 0 radical (unpaired) electrons. The van der Waals surface area contributed by atoms with Gasteiger partial charge in [-0.15, -0.1) is 0 Å². The van der Waals surface area contributed by atoms with Gasteiger partial charge in [0.15, 0.2) is 9.77 Å². The molecule has 0 unspecified atom stereocenters. The third kappa shape index (κ3) is 4.17. The van der Waals surface area contributed by atoms with E-state index < -0.39 is 47.4 Å². The maximum absolute atomic E-state index is 12.9. The number of carbonyl (C=O) groups excluding carboxylic acids is 1. The third-order valence-electron chi connectivity index (χ3n) is 3.98. The maximum atomic E-state index is 12.9. The predicted molar refractivity (Wildman–Crippen MR) is 101 cm³/mol. The van der Waals surface area contributed by atoms with Gasteiger partial charge in [-0.2, -0.15) is 18.3 Å². The lowest BCUT2D eigenvalue weighted by Crippen LogP contribution is -2.42. The van der Waals surface area contributed by atoms with Crippen molar-refractivity contribution in [3.8, 4) is 5.69 Å². The molecule has 2 N–H and O–H groups in total. The van der Waals surface area contributed by atoms with Gasteiger partial charge >= 0.3 is 12.1 Å². The predicted octanol–water partition coefficient (Wildman–Crippen LogP) is 3.90. The van der Waals surface area contributed by atoms with Gasteiger partial charge in [0.2, 0.25) is 9.84 Å². The molecule has 0 aliphatic heterocycles. The number of hydrogen-bond acceptors (Lipinski definition) is 6. The Morgan fingerprint density at radius 3 is 2.17 bits per heavy atom. The number of anilines is 1. The number of hydrogen-bond donors (Lipinski definition) is 1. The molecule has 0 bridgehead atoms. The Bertz CT molecular complexity index is 1040. The van der Waals surface area contributed by atoms with E-state index in [0.717, 1.165) is 24.6 Å². The minimum Gasteiger partial charge on any atom is -0.465 e. The molecule has 0 amide bonds. The SMILES string of the molecule is CCOC(=O)C(C)(C)S(=O)(=O)c1cc(N)n(-c2c(Cl)cc(C(F)(F)F)cc2Cl)n1. The standard InChI is InChI=1S/C16H16Cl2F3N3O4S/c1-4-28-14(25)15(2,3)29(26,27)12-7-11(22)24(23-12)13-9(17)5-8(6-10(13)18)16(19,20)21/h5-7H,4,22H2,1-3H3. The minimum absolute atomic E-state index is 0.0366. The number of nitrogen functional groups attached to an aromatic ring is 1. The molecule has 0 saturated carbocycles. The van der Waals surface area contributed by atoms with Gasteiger partial charge in [0.1, 0.15) is 11.5 Å². The average Bonchev–Trinajstić information content (AvgIpc) is 2.95. The van der Waals surface area contributed by atoms with Crippen LogP contribution in [0.15, 0.2) is 23.2 Å². The summed E-state index contributed by atoms with van der Waals surface area (Å²) < 4.78 is 68.0. The second-order valence-corrected chi connectivity index (χ2v) is 9.60. The van der Waals surface area contributed by atoms with Crippen molar-refractivity contribution in [3.63, 3.8) is 0 Å². The van der Waals surface area contributed by atoms with Gasteiger partial charge in [-0.25, -0.2) is 13.1 Å². The van der Waals surface area contributed by atoms with Gasteiger partial charge in [-0.05, 0) is 32.9 Å². The summed E-state index contributed by atoms with van der Waals surface area (Å²) in [6.07, 6.45) is -4.69. The Morgan fingerprint density at radius 1 is 1.21 bits per heavy atom. The summed E-state index contributed by atoms with van der Waals surface area (Å²) in [4.78, 5) is 12.1. The number of benzene rings is 1. The molecule has 2 aromatic rings. The van der Waals surface area contributed by atoms with Crippen LogP contribution in [0.3, 0.4) is 0 Å². The van der Waals surface area contributed by atoms with Crippen LogP contribution in [0.5, 0.6) is 0 Å². The van der Waals surface area contributed by atoms with Crippen LogP contribution in [0.1, 0.15) is 26.3 Å². The first-order valence-electron chi connectivity index (χ1n) is 7.98. The molecule has 1 heterocycles. The van der Waals surface area contributed by atoms with Crippen molar-refractivity contribution in [1.29, 1.82) is 0 Å². The zero-order valence-electron chi connectivity index (χ0n) is 15.3. The van der Waals surface area contributed by atoms with Crippen LogP contribution < -0.4 is 5.73 Å². The van der Waals surface area contributed by atoms with Gasteiger partial charge < -0.3 is 10.5 Å². The Balaban J connectivity index is 2.61. The van der Waals surface area contributed by atoms with E-state index in [4.69, 9.17) is 33.7 Å². The number of aromatic nitrogens is 2. The third-order valence-corrected chi connectivity index (χ3v) is 6.82. The summed E-state index contributed by atoms with van der Waals surface area (Å²) in [5.74, 6) is -1.27. The topological polar surface area (TPSA) is 104 Å². The summed E-state index contributed by atoms with van der Waals surface area (Å²) in [5.41, 5.74) is 4.45. The fraction of sp³-hybridized carbons (Fsp3) is 0.375. The summed E-state index contributed by atoms with van der Waals surface area (Å²) in [7, 11) is -4.38. The molecule has 0 atom stereocenters. The monoisotopic (exact) mass is 473 g/mol. The van der Waals surface area contributed by atoms with Gasteiger partial charge in [-0.3, -0.25) is 4.79 Å². The average molecular weight is 474 g/mol. The summed E-state index contributed by atoms with van der Waals surface area (Å²) in [6.45, 7) is 3.74. The maximum Gasteiger partial charge on any atom is 0.416 e.